The molecule has 0 aliphatic heterocycles. The van der Waals surface area contributed by atoms with Crippen LogP contribution in [0.3, 0.4) is 0 Å². The number of sulfonamides is 1. The number of nitrogens with one attached hydrogen (secondary N) is 2. The van der Waals surface area contributed by atoms with Crippen LogP contribution in [0.4, 0.5) is 5.69 Å². The summed E-state index contributed by atoms with van der Waals surface area (Å²) in [7, 11) is -3.23. The van der Waals surface area contributed by atoms with E-state index in [1.54, 1.807) is 0 Å². The molecule has 0 aliphatic carbocycles. The maximum atomic E-state index is 12.0. The van der Waals surface area contributed by atoms with E-state index in [0.29, 0.717) is 12.1 Å². The zero-order chi connectivity index (χ0) is 22.9. The summed E-state index contributed by atoms with van der Waals surface area (Å²) in [4.78, 5) is 0. The van der Waals surface area contributed by atoms with Crippen molar-refractivity contribution in [3.63, 3.8) is 0 Å². The van der Waals surface area contributed by atoms with Gasteiger partial charge in [0, 0.05) is 25.4 Å². The summed E-state index contributed by atoms with van der Waals surface area (Å²) >= 11 is 0. The largest absolute Gasteiger partial charge is 0.381 e. The van der Waals surface area contributed by atoms with Crippen LogP contribution >= 0.6 is 0 Å². The number of benzene rings is 2. The molecule has 0 saturated carbocycles. The van der Waals surface area contributed by atoms with Crippen LogP contribution in [-0.2, 0) is 27.7 Å². The van der Waals surface area contributed by atoms with Crippen LogP contribution in [0.15, 0.2) is 54.6 Å². The Morgan fingerprint density at radius 2 is 1.50 bits per heavy atom. The van der Waals surface area contributed by atoms with Gasteiger partial charge in [0.25, 0.3) is 0 Å². The molecule has 5 nitrogen and oxygen atoms in total. The molecule has 0 spiro atoms. The van der Waals surface area contributed by atoms with Gasteiger partial charge in [-0.15, -0.1) is 0 Å². The van der Waals surface area contributed by atoms with E-state index in [-0.39, 0.29) is 5.75 Å². The van der Waals surface area contributed by atoms with Gasteiger partial charge in [0.2, 0.25) is 10.0 Å². The maximum Gasteiger partial charge on any atom is 0.232 e. The molecule has 6 heteroatoms. The van der Waals surface area contributed by atoms with Crippen molar-refractivity contribution in [3.05, 3.63) is 65.7 Å². The summed E-state index contributed by atoms with van der Waals surface area (Å²) < 4.78 is 32.3. The number of aryl methyl sites for hydroxylation is 1. The van der Waals surface area contributed by atoms with Crippen molar-refractivity contribution < 1.29 is 13.2 Å². The van der Waals surface area contributed by atoms with Crippen molar-refractivity contribution in [2.75, 3.05) is 30.2 Å². The summed E-state index contributed by atoms with van der Waals surface area (Å²) in [6.07, 6.45) is 8.24. The number of ether oxygens (including phenoxy) is 1. The van der Waals surface area contributed by atoms with Gasteiger partial charge in [0.1, 0.15) is 0 Å². The molecular formula is C26H40N2O3S. The molecule has 2 aromatic rings. The smallest absolute Gasteiger partial charge is 0.232 e. The van der Waals surface area contributed by atoms with Gasteiger partial charge in [-0.25, -0.2) is 8.42 Å². The van der Waals surface area contributed by atoms with Crippen molar-refractivity contribution >= 4 is 15.7 Å². The van der Waals surface area contributed by atoms with Gasteiger partial charge in [0.15, 0.2) is 0 Å². The zero-order valence-electron chi connectivity index (χ0n) is 19.5. The minimum absolute atomic E-state index is 0.174. The Morgan fingerprint density at radius 1 is 0.781 bits per heavy atom. The molecule has 32 heavy (non-hydrogen) atoms. The highest BCUT2D eigenvalue weighted by atomic mass is 32.2. The van der Waals surface area contributed by atoms with E-state index in [2.05, 4.69) is 34.3 Å². The monoisotopic (exact) mass is 460 g/mol. The lowest BCUT2D eigenvalue weighted by Gasteiger charge is -2.09. The maximum absolute atomic E-state index is 12.0. The number of hydrogen-bond donors (Lipinski definition) is 2. The molecule has 0 amide bonds. The summed E-state index contributed by atoms with van der Waals surface area (Å²) in [6, 6.07) is 18.2. The predicted octanol–water partition coefficient (Wildman–Crippen LogP) is 5.53. The first-order chi connectivity index (χ1) is 15.6. The molecule has 0 radical (unpaired) electrons. The number of unbranched alkanes of at least 4 members (excludes halogenated alkanes) is 4. The Labute approximate surface area is 195 Å². The van der Waals surface area contributed by atoms with Crippen molar-refractivity contribution in [1.82, 2.24) is 5.32 Å². The SMILES string of the molecule is CCCCS(=O)(=O)Nc1ccc(CCCOCCCCCCNCc2ccccc2)cc1. The van der Waals surface area contributed by atoms with Crippen LogP contribution < -0.4 is 10.0 Å². The van der Waals surface area contributed by atoms with E-state index >= 15 is 0 Å². The Morgan fingerprint density at radius 3 is 2.25 bits per heavy atom. The van der Waals surface area contributed by atoms with E-state index in [9.17, 15) is 8.42 Å². The first-order valence-corrected chi connectivity index (χ1v) is 13.7. The van der Waals surface area contributed by atoms with Gasteiger partial charge in [-0.1, -0.05) is 68.7 Å². The lowest BCUT2D eigenvalue weighted by Crippen LogP contribution is -2.16. The van der Waals surface area contributed by atoms with Crippen LogP contribution in [0.1, 0.15) is 63.0 Å². The van der Waals surface area contributed by atoms with E-state index in [4.69, 9.17) is 4.74 Å². The summed E-state index contributed by atoms with van der Waals surface area (Å²) in [6.45, 7) is 5.59. The van der Waals surface area contributed by atoms with E-state index in [1.165, 1.54) is 30.4 Å². The van der Waals surface area contributed by atoms with Gasteiger partial charge < -0.3 is 10.1 Å². The highest BCUT2D eigenvalue weighted by Gasteiger charge is 2.09. The van der Waals surface area contributed by atoms with E-state index < -0.39 is 10.0 Å². The van der Waals surface area contributed by atoms with Crippen molar-refractivity contribution in [1.29, 1.82) is 0 Å². The number of hydrogen-bond acceptors (Lipinski definition) is 4. The Hall–Kier alpha value is -1.89. The minimum atomic E-state index is -3.23. The molecule has 178 valence electrons. The second-order valence-electron chi connectivity index (χ2n) is 8.26. The molecule has 0 saturated heterocycles. The molecule has 0 aromatic heterocycles. The average Bonchev–Trinajstić information content (AvgIpc) is 2.80. The first kappa shape index (κ1) is 26.4. The van der Waals surface area contributed by atoms with Gasteiger partial charge in [0.05, 0.1) is 5.75 Å². The first-order valence-electron chi connectivity index (χ1n) is 12.0. The van der Waals surface area contributed by atoms with E-state index in [1.807, 2.05) is 37.3 Å². The number of rotatable bonds is 18. The molecule has 2 rings (SSSR count). The molecule has 0 unspecified atom stereocenters. The Bertz CT molecular complexity index is 824. The highest BCUT2D eigenvalue weighted by molar-refractivity contribution is 7.92. The van der Waals surface area contributed by atoms with Crippen LogP contribution in [0.5, 0.6) is 0 Å². The van der Waals surface area contributed by atoms with Crippen molar-refractivity contribution in [2.24, 2.45) is 0 Å². The molecule has 2 aromatic carbocycles. The second-order valence-corrected chi connectivity index (χ2v) is 10.1. The quantitative estimate of drug-likeness (QED) is 0.287. The fourth-order valence-electron chi connectivity index (χ4n) is 3.42. The lowest BCUT2D eigenvalue weighted by molar-refractivity contribution is 0.127. The highest BCUT2D eigenvalue weighted by Crippen LogP contribution is 2.13. The fraction of sp³-hybridized carbons (Fsp3) is 0.538. The third-order valence-electron chi connectivity index (χ3n) is 5.31. The van der Waals surface area contributed by atoms with Crippen LogP contribution in [0, 0.1) is 0 Å². The number of anilines is 1. The Kier molecular flexibility index (Phi) is 13.0. The fourth-order valence-corrected chi connectivity index (χ4v) is 4.69. The normalized spacial score (nSPS) is 11.5. The van der Waals surface area contributed by atoms with Gasteiger partial charge >= 0.3 is 0 Å². The average molecular weight is 461 g/mol. The molecule has 0 fully saturated rings. The standard InChI is InChI=1S/C26H40N2O3S/c1-2-3-22-32(29,30)28-26-17-15-24(16-18-26)14-11-21-31-20-10-5-4-9-19-27-23-25-12-7-6-8-13-25/h6-8,12-13,15-18,27-28H,2-5,9-11,14,19-23H2,1H3. The van der Waals surface area contributed by atoms with Gasteiger partial charge in [-0.05, 0) is 61.9 Å². The zero-order valence-corrected chi connectivity index (χ0v) is 20.3. The molecule has 2 N–H and O–H groups in total. The second kappa shape index (κ2) is 15.8. The summed E-state index contributed by atoms with van der Waals surface area (Å²) in [5, 5.41) is 3.49. The van der Waals surface area contributed by atoms with Crippen molar-refractivity contribution in [2.45, 2.75) is 64.8 Å². The Balaban J connectivity index is 1.43. The topological polar surface area (TPSA) is 67.4 Å². The van der Waals surface area contributed by atoms with Gasteiger partial charge in [-0.2, -0.15) is 0 Å². The van der Waals surface area contributed by atoms with E-state index in [0.717, 1.165) is 52.0 Å². The molecule has 0 heterocycles. The molecule has 0 atom stereocenters. The lowest BCUT2D eigenvalue weighted by atomic mass is 10.1. The summed E-state index contributed by atoms with van der Waals surface area (Å²) in [5.74, 6) is 0.174. The minimum Gasteiger partial charge on any atom is -0.381 e. The third kappa shape index (κ3) is 12.2. The summed E-state index contributed by atoms with van der Waals surface area (Å²) in [5.41, 5.74) is 3.17. The molecular weight excluding hydrogens is 420 g/mol. The molecule has 0 bridgehead atoms. The van der Waals surface area contributed by atoms with Crippen LogP contribution in [0.25, 0.3) is 0 Å². The van der Waals surface area contributed by atoms with Crippen molar-refractivity contribution in [3.8, 4) is 0 Å². The van der Waals surface area contributed by atoms with Crippen LogP contribution in [0.2, 0.25) is 0 Å². The third-order valence-corrected chi connectivity index (χ3v) is 6.69. The molecule has 0 aliphatic rings. The van der Waals surface area contributed by atoms with Crippen LogP contribution in [-0.4, -0.2) is 33.9 Å². The van der Waals surface area contributed by atoms with Gasteiger partial charge in [-0.3, -0.25) is 4.72 Å². The predicted molar refractivity (Wildman–Crippen MR) is 135 cm³/mol.